The summed E-state index contributed by atoms with van der Waals surface area (Å²) in [5.74, 6) is 0. The topological polar surface area (TPSA) is 0 Å². The molecule has 0 spiro atoms. The molecule has 0 aliphatic rings. The van der Waals surface area contributed by atoms with Crippen LogP contribution in [-0.2, 0) is 0 Å². The van der Waals surface area contributed by atoms with Gasteiger partial charge < -0.3 is 0 Å². The Morgan fingerprint density at radius 2 is 0.700 bits per heavy atom. The first-order valence-electron chi connectivity index (χ1n) is 6.77. The van der Waals surface area contributed by atoms with Crippen molar-refractivity contribution in [2.24, 2.45) is 0 Å². The third-order valence-corrected chi connectivity index (χ3v) is 7.42. The van der Waals surface area contributed by atoms with Crippen LogP contribution < -0.4 is 15.9 Å². The van der Waals surface area contributed by atoms with Crippen LogP contribution >= 0.6 is 7.26 Å². The molecule has 0 unspecified atom stereocenters. The van der Waals surface area contributed by atoms with Crippen molar-refractivity contribution in [2.45, 2.75) is 0 Å². The summed E-state index contributed by atoms with van der Waals surface area (Å²) in [6, 6.07) is 31.4. The van der Waals surface area contributed by atoms with Crippen LogP contribution in [0, 0.1) is 6.66 Å². The van der Waals surface area contributed by atoms with Crippen molar-refractivity contribution in [3.05, 3.63) is 97.7 Å². The number of hydrogen-bond acceptors (Lipinski definition) is 0. The van der Waals surface area contributed by atoms with Crippen LogP contribution in [0.4, 0.5) is 0 Å². The van der Waals surface area contributed by atoms with Crippen LogP contribution in [0.5, 0.6) is 0 Å². The molecule has 98 valence electrons. The van der Waals surface area contributed by atoms with E-state index in [-0.39, 0.29) is 0 Å². The number of rotatable bonds is 3. The molecule has 0 amide bonds. The van der Waals surface area contributed by atoms with Crippen LogP contribution in [0.3, 0.4) is 0 Å². The molecule has 0 aliphatic heterocycles. The Bertz CT molecular complexity index is 563. The first-order valence-corrected chi connectivity index (χ1v) is 8.85. The van der Waals surface area contributed by atoms with E-state index >= 15 is 0 Å². The van der Waals surface area contributed by atoms with E-state index in [0.29, 0.717) is 0 Å². The van der Waals surface area contributed by atoms with Gasteiger partial charge in [-0.1, -0.05) is 0 Å². The van der Waals surface area contributed by atoms with Crippen LogP contribution in [0.1, 0.15) is 0 Å². The molecule has 0 fully saturated rings. The number of benzene rings is 3. The van der Waals surface area contributed by atoms with Crippen LogP contribution in [0.15, 0.2) is 91.0 Å². The molecule has 20 heavy (non-hydrogen) atoms. The van der Waals surface area contributed by atoms with Crippen molar-refractivity contribution in [3.8, 4) is 0 Å². The second-order valence-electron chi connectivity index (χ2n) is 4.91. The second kappa shape index (κ2) is 5.61. The predicted molar refractivity (Wildman–Crippen MR) is 90.8 cm³/mol. The van der Waals surface area contributed by atoms with Gasteiger partial charge in [0.2, 0.25) is 0 Å². The van der Waals surface area contributed by atoms with Crippen molar-refractivity contribution in [3.63, 3.8) is 0 Å². The Balaban J connectivity index is 2.24. The number of hydrogen-bond donors (Lipinski definition) is 0. The first kappa shape index (κ1) is 13.1. The predicted octanol–water partition coefficient (Wildman–Crippen LogP) is 3.38. The maximum absolute atomic E-state index is 7.00. The van der Waals surface area contributed by atoms with Crippen LogP contribution in [-0.4, -0.2) is 0 Å². The summed E-state index contributed by atoms with van der Waals surface area (Å²) in [7, 11) is -2.38. The van der Waals surface area contributed by atoms with E-state index in [1.54, 1.807) is 0 Å². The Morgan fingerprint density at radius 1 is 0.450 bits per heavy atom. The van der Waals surface area contributed by atoms with Crippen molar-refractivity contribution >= 4 is 23.2 Å². The Hall–Kier alpha value is -1.91. The van der Waals surface area contributed by atoms with Gasteiger partial charge in [-0.2, -0.15) is 0 Å². The van der Waals surface area contributed by atoms with Gasteiger partial charge >= 0.3 is 121 Å². The van der Waals surface area contributed by atoms with Crippen molar-refractivity contribution < 1.29 is 0 Å². The summed E-state index contributed by atoms with van der Waals surface area (Å²) in [6.45, 7) is 7.00. The van der Waals surface area contributed by atoms with Crippen LogP contribution in [0.25, 0.3) is 0 Å². The average molecular weight is 276 g/mol. The zero-order valence-corrected chi connectivity index (χ0v) is 12.2. The fourth-order valence-electron chi connectivity index (χ4n) is 2.60. The molecule has 0 N–H and O–H groups in total. The van der Waals surface area contributed by atoms with Gasteiger partial charge in [0.15, 0.2) is 0 Å². The summed E-state index contributed by atoms with van der Waals surface area (Å²) in [4.78, 5) is 0. The van der Waals surface area contributed by atoms with Gasteiger partial charge in [-0.05, 0) is 0 Å². The van der Waals surface area contributed by atoms with E-state index in [2.05, 4.69) is 72.8 Å². The summed E-state index contributed by atoms with van der Waals surface area (Å²) < 4.78 is 0. The summed E-state index contributed by atoms with van der Waals surface area (Å²) >= 11 is 0. The average Bonchev–Trinajstić information content (AvgIpc) is 2.56. The standard InChI is InChI=1S/C19H17P/c1-20(17-11-5-2-6-12-17,18-13-7-3-8-14-18)19-15-9-4-10-16-19/h1-16,20H. The zero-order chi connectivity index (χ0) is 13.8. The minimum absolute atomic E-state index is 1.23. The molecule has 0 bridgehead atoms. The normalized spacial score (nSPS) is 12.1. The van der Waals surface area contributed by atoms with Gasteiger partial charge in [-0.25, -0.2) is 0 Å². The van der Waals surface area contributed by atoms with Crippen molar-refractivity contribution in [2.75, 3.05) is 0 Å². The van der Waals surface area contributed by atoms with Gasteiger partial charge in [0, 0.05) is 0 Å². The summed E-state index contributed by atoms with van der Waals surface area (Å²) in [5.41, 5.74) is 0. The SMILES string of the molecule is [CH][PH](c1ccccc1)(c1ccccc1)c1ccccc1. The maximum atomic E-state index is 7.00. The van der Waals surface area contributed by atoms with E-state index in [4.69, 9.17) is 6.66 Å². The Kier molecular flexibility index (Phi) is 3.67. The fourth-order valence-corrected chi connectivity index (χ4v) is 5.76. The molecule has 0 aliphatic carbocycles. The van der Waals surface area contributed by atoms with Gasteiger partial charge in [0.1, 0.15) is 0 Å². The molecular weight excluding hydrogens is 259 g/mol. The fraction of sp³-hybridized carbons (Fsp3) is 0. The molecule has 0 saturated heterocycles. The molecule has 1 heteroatoms. The van der Waals surface area contributed by atoms with Crippen molar-refractivity contribution in [1.29, 1.82) is 0 Å². The Labute approximate surface area is 121 Å². The summed E-state index contributed by atoms with van der Waals surface area (Å²) in [6.07, 6.45) is 0. The van der Waals surface area contributed by atoms with Gasteiger partial charge in [0.25, 0.3) is 0 Å². The Morgan fingerprint density at radius 3 is 0.950 bits per heavy atom. The molecule has 0 saturated carbocycles. The van der Waals surface area contributed by atoms with Gasteiger partial charge in [0.05, 0.1) is 0 Å². The molecule has 0 aromatic heterocycles. The zero-order valence-electron chi connectivity index (χ0n) is 11.2. The third kappa shape index (κ3) is 2.28. The molecule has 3 rings (SSSR count). The van der Waals surface area contributed by atoms with Crippen molar-refractivity contribution in [1.82, 2.24) is 0 Å². The first-order chi connectivity index (χ1) is 9.82. The third-order valence-electron chi connectivity index (χ3n) is 3.69. The van der Waals surface area contributed by atoms with E-state index in [1.165, 1.54) is 15.9 Å². The van der Waals surface area contributed by atoms with E-state index in [9.17, 15) is 0 Å². The van der Waals surface area contributed by atoms with Gasteiger partial charge in [-0.15, -0.1) is 0 Å². The molecule has 3 aromatic carbocycles. The van der Waals surface area contributed by atoms with Gasteiger partial charge in [-0.3, -0.25) is 0 Å². The molecule has 2 radical (unpaired) electrons. The molecule has 0 heterocycles. The van der Waals surface area contributed by atoms with E-state index < -0.39 is 7.26 Å². The molecular formula is C19H17P. The molecule has 0 atom stereocenters. The molecule has 3 aromatic rings. The second-order valence-corrected chi connectivity index (χ2v) is 8.25. The molecule has 0 nitrogen and oxygen atoms in total. The minimum atomic E-state index is -2.38. The summed E-state index contributed by atoms with van der Waals surface area (Å²) in [5, 5.41) is 3.70. The quantitative estimate of drug-likeness (QED) is 0.643. The monoisotopic (exact) mass is 276 g/mol. The van der Waals surface area contributed by atoms with E-state index in [0.717, 1.165) is 0 Å². The van der Waals surface area contributed by atoms with Crippen LogP contribution in [0.2, 0.25) is 0 Å². The van der Waals surface area contributed by atoms with E-state index in [1.807, 2.05) is 18.2 Å².